The lowest BCUT2D eigenvalue weighted by Gasteiger charge is -2.46. The van der Waals surface area contributed by atoms with E-state index in [0.717, 1.165) is 38.8 Å². The Labute approximate surface area is 381 Å². The van der Waals surface area contributed by atoms with Crippen molar-refractivity contribution in [3.63, 3.8) is 0 Å². The van der Waals surface area contributed by atoms with E-state index >= 15 is 8.78 Å². The molecule has 0 spiro atoms. The van der Waals surface area contributed by atoms with Crippen molar-refractivity contribution in [2.24, 2.45) is 5.41 Å². The minimum absolute atomic E-state index is 0.0187. The predicted octanol–water partition coefficient (Wildman–Crippen LogP) is 9.44. The van der Waals surface area contributed by atoms with Crippen molar-refractivity contribution in [1.29, 1.82) is 0 Å². The summed E-state index contributed by atoms with van der Waals surface area (Å²) in [6.07, 6.45) is 7.91. The van der Waals surface area contributed by atoms with Crippen LogP contribution < -0.4 is 19.1 Å². The number of halogens is 2. The van der Waals surface area contributed by atoms with Crippen molar-refractivity contribution in [1.82, 2.24) is 24.8 Å². The average Bonchev–Trinajstić information content (AvgIpc) is 3.79. The van der Waals surface area contributed by atoms with Gasteiger partial charge in [-0.25, -0.2) is 18.6 Å². The summed E-state index contributed by atoms with van der Waals surface area (Å²) in [6, 6.07) is 5.95. The second kappa shape index (κ2) is 16.9. The van der Waals surface area contributed by atoms with Gasteiger partial charge in [-0.15, -0.1) is 0 Å². The summed E-state index contributed by atoms with van der Waals surface area (Å²) < 4.78 is 70.4. The Hall–Kier alpha value is -4.64. The maximum atomic E-state index is 17.8. The number of benzene rings is 2. The fourth-order valence-electron chi connectivity index (χ4n) is 9.77. The summed E-state index contributed by atoms with van der Waals surface area (Å²) in [5, 5.41) is 1.60. The van der Waals surface area contributed by atoms with Crippen LogP contribution in [-0.4, -0.2) is 122 Å². The van der Waals surface area contributed by atoms with Gasteiger partial charge in [0.15, 0.2) is 20.9 Å². The van der Waals surface area contributed by atoms with Gasteiger partial charge in [0.2, 0.25) is 5.88 Å². The van der Waals surface area contributed by atoms with Crippen LogP contribution in [0.3, 0.4) is 0 Å². The molecule has 2 aromatic heterocycles. The van der Waals surface area contributed by atoms with Gasteiger partial charge < -0.3 is 33.0 Å². The molecule has 2 aromatic carbocycles. The summed E-state index contributed by atoms with van der Waals surface area (Å²) in [4.78, 5) is 35.0. The van der Waals surface area contributed by atoms with Crippen LogP contribution in [-0.2, 0) is 20.3 Å². The molecule has 350 valence electrons. The second-order valence-corrected chi connectivity index (χ2v) is 25.9. The Morgan fingerprint density at radius 1 is 1.00 bits per heavy atom. The van der Waals surface area contributed by atoms with Crippen molar-refractivity contribution in [2.75, 3.05) is 58.3 Å². The molecule has 65 heavy (non-hydrogen) atoms. The summed E-state index contributed by atoms with van der Waals surface area (Å²) in [6.45, 7) is 22.0. The van der Waals surface area contributed by atoms with Crippen LogP contribution in [0.15, 0.2) is 36.4 Å². The van der Waals surface area contributed by atoms with Crippen LogP contribution in [0.1, 0.15) is 79.7 Å². The molecule has 6 heterocycles. The minimum atomic E-state index is -1.94. The molecule has 1 saturated carbocycles. The second-order valence-electron chi connectivity index (χ2n) is 21.1. The number of piperazine rings is 1. The van der Waals surface area contributed by atoms with E-state index in [0.29, 0.717) is 65.0 Å². The third-order valence-corrected chi connectivity index (χ3v) is 19.0. The molecule has 5 aliphatic rings. The van der Waals surface area contributed by atoms with Crippen molar-refractivity contribution in [3.8, 4) is 28.9 Å². The molecule has 1 amide bonds. The van der Waals surface area contributed by atoms with E-state index < -0.39 is 25.6 Å². The molecule has 13 nitrogen and oxygen atoms in total. The number of aryl methyl sites for hydroxylation is 1. The third-order valence-electron chi connectivity index (χ3n) is 14.5. The Bertz CT molecular complexity index is 2520. The Morgan fingerprint density at radius 3 is 2.49 bits per heavy atom. The van der Waals surface area contributed by atoms with Gasteiger partial charge in [-0.3, -0.25) is 9.80 Å². The molecule has 4 aromatic rings. The highest BCUT2D eigenvalue weighted by Gasteiger charge is 2.52. The topological polar surface area (TPSA) is 121 Å². The molecule has 9 rings (SSSR count). The number of pyridine rings is 1. The molecule has 0 N–H and O–H groups in total. The van der Waals surface area contributed by atoms with Gasteiger partial charge in [0, 0.05) is 37.7 Å². The Kier molecular flexibility index (Phi) is 11.8. The first-order valence-corrected chi connectivity index (χ1v) is 26.1. The molecular weight excluding hydrogens is 851 g/mol. The summed E-state index contributed by atoms with van der Waals surface area (Å²) in [5.41, 5.74) is -0.149. The molecule has 2 saturated heterocycles. The molecule has 16 heteroatoms. The highest BCUT2D eigenvalue weighted by atomic mass is 28.4. The minimum Gasteiger partial charge on any atom is -0.475 e. The van der Waals surface area contributed by atoms with Gasteiger partial charge in [0.05, 0.1) is 37.4 Å². The number of carbonyl (C=O) groups excluding carboxylic acids is 1. The molecular formula is C49H64F2N6O7Si. The summed E-state index contributed by atoms with van der Waals surface area (Å²) >= 11 is 0. The monoisotopic (exact) mass is 914 g/mol. The average molecular weight is 915 g/mol. The lowest BCUT2D eigenvalue weighted by atomic mass is 9.94. The van der Waals surface area contributed by atoms with E-state index in [-0.39, 0.29) is 77.2 Å². The third kappa shape index (κ3) is 8.64. The SMILES string of the molecule is CCc1c(F)ccc2cc(OCOC)cc(-c3nc4c5c(nc(OCC6(CN7CC=CC7CO[Si](C)(C)C(C)(C)C)CC6)nc5c3F)N3C[C@H]5CC[C@@H]([C@H]3CO4)N5C(=O)OC(C)(C)C)c12. The highest BCUT2D eigenvalue weighted by Crippen LogP contribution is 2.49. The predicted molar refractivity (Wildman–Crippen MR) is 248 cm³/mol. The smallest absolute Gasteiger partial charge is 0.410 e. The van der Waals surface area contributed by atoms with Gasteiger partial charge in [0.1, 0.15) is 46.2 Å². The fraction of sp³-hybridized carbons (Fsp3) is 0.592. The quantitative estimate of drug-likeness (QED) is 0.0722. The fourth-order valence-corrected chi connectivity index (χ4v) is 10.8. The van der Waals surface area contributed by atoms with Gasteiger partial charge >= 0.3 is 12.1 Å². The number of hydrogen-bond acceptors (Lipinski definition) is 12. The van der Waals surface area contributed by atoms with E-state index in [1.165, 1.54) is 13.2 Å². The number of amides is 1. The number of nitrogens with zero attached hydrogens (tertiary/aromatic N) is 6. The molecule has 2 bridgehead atoms. The van der Waals surface area contributed by atoms with Crippen LogP contribution in [0.25, 0.3) is 32.9 Å². The van der Waals surface area contributed by atoms with Gasteiger partial charge in [-0.05, 0) is 106 Å². The molecule has 4 atom stereocenters. The lowest BCUT2D eigenvalue weighted by Crippen LogP contribution is -2.63. The van der Waals surface area contributed by atoms with Crippen LogP contribution in [0.2, 0.25) is 18.1 Å². The van der Waals surface area contributed by atoms with Crippen molar-refractivity contribution < 1.29 is 41.7 Å². The van der Waals surface area contributed by atoms with Crippen LogP contribution in [0.4, 0.5) is 19.4 Å². The maximum absolute atomic E-state index is 17.8. The van der Waals surface area contributed by atoms with Crippen molar-refractivity contribution in [3.05, 3.63) is 53.6 Å². The van der Waals surface area contributed by atoms with E-state index in [2.05, 4.69) is 55.8 Å². The summed E-state index contributed by atoms with van der Waals surface area (Å²) in [7, 11) is -0.422. The molecule has 0 radical (unpaired) electrons. The first-order chi connectivity index (χ1) is 30.8. The first-order valence-electron chi connectivity index (χ1n) is 23.2. The largest absolute Gasteiger partial charge is 0.475 e. The molecule has 1 unspecified atom stereocenters. The number of aromatic nitrogens is 3. The normalized spacial score (nSPS) is 22.6. The zero-order chi connectivity index (χ0) is 46.2. The van der Waals surface area contributed by atoms with Gasteiger partial charge in [0.25, 0.3) is 0 Å². The van der Waals surface area contributed by atoms with Crippen LogP contribution in [0.5, 0.6) is 17.6 Å². The highest BCUT2D eigenvalue weighted by molar-refractivity contribution is 6.74. The zero-order valence-corrected chi connectivity index (χ0v) is 40.6. The maximum Gasteiger partial charge on any atom is 0.410 e. The van der Waals surface area contributed by atoms with E-state index in [9.17, 15) is 4.79 Å². The zero-order valence-electron chi connectivity index (χ0n) is 39.6. The number of fused-ring (bicyclic) bond motifs is 6. The first kappa shape index (κ1) is 45.5. The van der Waals surface area contributed by atoms with E-state index in [4.69, 9.17) is 43.1 Å². The summed E-state index contributed by atoms with van der Waals surface area (Å²) in [5.74, 6) is -0.142. The number of hydrogen-bond donors (Lipinski definition) is 0. The number of carbonyl (C=O) groups is 1. The number of ether oxygens (including phenoxy) is 5. The van der Waals surface area contributed by atoms with Crippen molar-refractivity contribution >= 4 is 41.9 Å². The van der Waals surface area contributed by atoms with E-state index in [1.807, 2.05) is 32.6 Å². The Balaban J connectivity index is 1.11. The van der Waals surface area contributed by atoms with E-state index in [1.54, 1.807) is 18.2 Å². The van der Waals surface area contributed by atoms with Crippen LogP contribution >= 0.6 is 0 Å². The van der Waals surface area contributed by atoms with Gasteiger partial charge in [-0.2, -0.15) is 9.97 Å². The Morgan fingerprint density at radius 2 is 1.78 bits per heavy atom. The number of methoxy groups -OCH3 is 1. The standard InChI is InChI=1S/C49H64F2N6O7Si/c1-11-33-35(50)16-14-29-21-32(62-28-59-8)22-34(38(29)33)41-40(51)42-39-43(56-23-30-15-17-36(37(56)25-60-44(39)52-41)57(30)46(58)64-47(2,3)4)54-45(53-42)61-27-49(18-19-49)26-55-20-12-13-31(55)24-63-65(9,10)48(5,6)7/h12-14,16,21-22,30-31,36-37H,11,15,17-20,23-28H2,1-10H3/t30-,31?,36+,37-/m1/s1. The van der Waals surface area contributed by atoms with Gasteiger partial charge in [-0.1, -0.05) is 45.9 Å². The molecule has 4 aliphatic heterocycles. The number of anilines is 1. The lowest BCUT2D eigenvalue weighted by molar-refractivity contribution is 0.00537. The van der Waals surface area contributed by atoms with Crippen molar-refractivity contribution in [2.45, 2.75) is 128 Å². The van der Waals surface area contributed by atoms with Crippen LogP contribution in [0, 0.1) is 17.0 Å². The molecule has 3 fully saturated rings. The molecule has 1 aliphatic carbocycles. The number of rotatable bonds is 13.